The number of unbranched alkanes of at least 4 members (excludes halogenated alkanes) is 2. The van der Waals surface area contributed by atoms with Gasteiger partial charge in [0.15, 0.2) is 0 Å². The molecule has 3 atom stereocenters. The van der Waals surface area contributed by atoms with Crippen LogP contribution in [0.1, 0.15) is 46.0 Å². The van der Waals surface area contributed by atoms with E-state index >= 15 is 0 Å². The third kappa shape index (κ3) is 4.79. The summed E-state index contributed by atoms with van der Waals surface area (Å²) in [5, 5.41) is 9.31. The van der Waals surface area contributed by atoms with Gasteiger partial charge in [-0.25, -0.2) is 4.79 Å². The first kappa shape index (κ1) is 13.2. The Bertz CT molecular complexity index is 246. The van der Waals surface area contributed by atoms with Crippen molar-refractivity contribution in [2.45, 2.75) is 58.2 Å². The van der Waals surface area contributed by atoms with Gasteiger partial charge in [0, 0.05) is 6.08 Å². The largest absolute Gasteiger partial charge is 0.455 e. The second-order valence-electron chi connectivity index (χ2n) is 4.69. The molecule has 0 aromatic rings. The highest BCUT2D eigenvalue weighted by Crippen LogP contribution is 2.17. The lowest BCUT2D eigenvalue weighted by molar-refractivity contribution is -0.138. The fourth-order valence-corrected chi connectivity index (χ4v) is 1.80. The highest BCUT2D eigenvalue weighted by atomic mass is 16.5. The average molecular weight is 226 g/mol. The van der Waals surface area contributed by atoms with Crippen LogP contribution in [0.4, 0.5) is 0 Å². The van der Waals surface area contributed by atoms with Gasteiger partial charge in [-0.15, -0.1) is 0 Å². The van der Waals surface area contributed by atoms with E-state index in [0.29, 0.717) is 5.92 Å². The van der Waals surface area contributed by atoms with Crippen molar-refractivity contribution in [3.63, 3.8) is 0 Å². The van der Waals surface area contributed by atoms with E-state index in [9.17, 15) is 9.90 Å². The molecular weight excluding hydrogens is 204 g/mol. The number of aliphatic hydroxyl groups is 1. The van der Waals surface area contributed by atoms with E-state index in [1.165, 1.54) is 6.08 Å². The lowest BCUT2D eigenvalue weighted by atomic mass is 9.98. The molecule has 1 heterocycles. The number of carbonyl (C=O) groups excluding carboxylic acids is 1. The van der Waals surface area contributed by atoms with Gasteiger partial charge >= 0.3 is 5.97 Å². The van der Waals surface area contributed by atoms with Crippen molar-refractivity contribution in [3.05, 3.63) is 12.2 Å². The number of hydrogen-bond donors (Lipinski definition) is 1. The molecule has 0 aromatic heterocycles. The second-order valence-corrected chi connectivity index (χ2v) is 4.69. The van der Waals surface area contributed by atoms with E-state index in [0.717, 1.165) is 32.1 Å². The molecular formula is C13H22O3. The molecule has 0 bridgehead atoms. The van der Waals surface area contributed by atoms with E-state index in [2.05, 4.69) is 6.92 Å². The van der Waals surface area contributed by atoms with E-state index in [1.807, 2.05) is 13.0 Å². The van der Waals surface area contributed by atoms with E-state index in [-0.39, 0.29) is 18.2 Å². The number of aliphatic hydroxyl groups excluding tert-OH is 1. The predicted molar refractivity (Wildman–Crippen MR) is 62.9 cm³/mol. The summed E-state index contributed by atoms with van der Waals surface area (Å²) < 4.78 is 5.04. The quantitative estimate of drug-likeness (QED) is 0.535. The Balaban J connectivity index is 1.96. The summed E-state index contributed by atoms with van der Waals surface area (Å²) in [6, 6.07) is 0. The summed E-state index contributed by atoms with van der Waals surface area (Å²) in [4.78, 5) is 10.8. The minimum Gasteiger partial charge on any atom is -0.455 e. The molecule has 0 aliphatic carbocycles. The summed E-state index contributed by atoms with van der Waals surface area (Å²) in [6.45, 7) is 3.92. The number of esters is 1. The van der Waals surface area contributed by atoms with Crippen molar-refractivity contribution < 1.29 is 14.6 Å². The van der Waals surface area contributed by atoms with Crippen LogP contribution >= 0.6 is 0 Å². The Labute approximate surface area is 97.5 Å². The van der Waals surface area contributed by atoms with Gasteiger partial charge in [-0.05, 0) is 38.2 Å². The highest BCUT2D eigenvalue weighted by molar-refractivity contribution is 5.84. The highest BCUT2D eigenvalue weighted by Gasteiger charge is 2.15. The summed E-state index contributed by atoms with van der Waals surface area (Å²) >= 11 is 0. The Morgan fingerprint density at radius 1 is 1.38 bits per heavy atom. The van der Waals surface area contributed by atoms with Crippen LogP contribution in [-0.4, -0.2) is 23.3 Å². The Hall–Kier alpha value is -0.830. The first-order chi connectivity index (χ1) is 7.59. The molecule has 1 aliphatic heterocycles. The van der Waals surface area contributed by atoms with Gasteiger partial charge < -0.3 is 9.84 Å². The summed E-state index contributed by atoms with van der Waals surface area (Å²) in [7, 11) is 0. The topological polar surface area (TPSA) is 46.5 Å². The molecule has 0 radical (unpaired) electrons. The standard InChI is InChI=1S/C13H22O3/c1-10(11(2)14)6-4-3-5-7-12-8-9-13(15)16-12/h8-12,14H,3-7H2,1-2H3/t10-,11-,12+/m0/s1. The molecule has 1 rings (SSSR count). The predicted octanol–water partition coefficient (Wildman–Crippen LogP) is 2.44. The van der Waals surface area contributed by atoms with Crippen molar-refractivity contribution in [1.82, 2.24) is 0 Å². The molecule has 1 aliphatic rings. The van der Waals surface area contributed by atoms with Crippen LogP contribution in [0.3, 0.4) is 0 Å². The van der Waals surface area contributed by atoms with Gasteiger partial charge in [0.1, 0.15) is 6.10 Å². The van der Waals surface area contributed by atoms with Gasteiger partial charge in [0.2, 0.25) is 0 Å². The van der Waals surface area contributed by atoms with Crippen molar-refractivity contribution >= 4 is 5.97 Å². The maximum Gasteiger partial charge on any atom is 0.331 e. The first-order valence-electron chi connectivity index (χ1n) is 6.16. The fraction of sp³-hybridized carbons (Fsp3) is 0.769. The minimum absolute atomic E-state index is 0.00156. The van der Waals surface area contributed by atoms with Gasteiger partial charge in [-0.2, -0.15) is 0 Å². The lowest BCUT2D eigenvalue weighted by Crippen LogP contribution is -2.12. The van der Waals surface area contributed by atoms with Crippen molar-refractivity contribution in [3.8, 4) is 0 Å². The SMILES string of the molecule is C[C@H](O)[C@@H](C)CCCCC[C@@H]1C=CC(=O)O1. The zero-order chi connectivity index (χ0) is 12.0. The van der Waals surface area contributed by atoms with Crippen LogP contribution in [-0.2, 0) is 9.53 Å². The average Bonchev–Trinajstić information content (AvgIpc) is 2.63. The smallest absolute Gasteiger partial charge is 0.331 e. The fourth-order valence-electron chi connectivity index (χ4n) is 1.80. The molecule has 0 saturated heterocycles. The second kappa shape index (κ2) is 6.69. The third-order valence-corrected chi connectivity index (χ3v) is 3.19. The molecule has 0 unspecified atom stereocenters. The van der Waals surface area contributed by atoms with Crippen LogP contribution in [0.2, 0.25) is 0 Å². The van der Waals surface area contributed by atoms with Crippen molar-refractivity contribution in [2.24, 2.45) is 5.92 Å². The van der Waals surface area contributed by atoms with Gasteiger partial charge in [-0.1, -0.05) is 19.8 Å². The third-order valence-electron chi connectivity index (χ3n) is 3.19. The van der Waals surface area contributed by atoms with Crippen LogP contribution in [0.25, 0.3) is 0 Å². The maximum absolute atomic E-state index is 10.8. The summed E-state index contributed by atoms with van der Waals surface area (Å²) in [5.74, 6) is 0.164. The normalized spacial score (nSPS) is 23.2. The number of rotatable bonds is 7. The summed E-state index contributed by atoms with van der Waals surface area (Å²) in [5.41, 5.74) is 0. The van der Waals surface area contributed by atoms with Gasteiger partial charge in [-0.3, -0.25) is 0 Å². The lowest BCUT2D eigenvalue weighted by Gasteiger charge is -2.14. The Morgan fingerprint density at radius 3 is 2.69 bits per heavy atom. The summed E-state index contributed by atoms with van der Waals surface area (Å²) in [6.07, 6.45) is 8.47. The van der Waals surface area contributed by atoms with Crippen LogP contribution in [0.15, 0.2) is 12.2 Å². The van der Waals surface area contributed by atoms with Gasteiger partial charge in [0.25, 0.3) is 0 Å². The molecule has 92 valence electrons. The first-order valence-corrected chi connectivity index (χ1v) is 6.16. The zero-order valence-corrected chi connectivity index (χ0v) is 10.2. The molecule has 3 heteroatoms. The maximum atomic E-state index is 10.8. The molecule has 0 saturated carbocycles. The molecule has 1 N–H and O–H groups in total. The van der Waals surface area contributed by atoms with E-state index in [4.69, 9.17) is 4.74 Å². The zero-order valence-electron chi connectivity index (χ0n) is 10.2. The van der Waals surface area contributed by atoms with E-state index in [1.54, 1.807) is 0 Å². The number of ether oxygens (including phenoxy) is 1. The number of hydrogen-bond acceptors (Lipinski definition) is 3. The van der Waals surface area contributed by atoms with Crippen LogP contribution < -0.4 is 0 Å². The van der Waals surface area contributed by atoms with Crippen LogP contribution in [0, 0.1) is 5.92 Å². The van der Waals surface area contributed by atoms with Crippen LogP contribution in [0.5, 0.6) is 0 Å². The van der Waals surface area contributed by atoms with Crippen molar-refractivity contribution in [1.29, 1.82) is 0 Å². The number of cyclic esters (lactones) is 1. The molecule has 16 heavy (non-hydrogen) atoms. The Kier molecular flexibility index (Phi) is 5.53. The van der Waals surface area contributed by atoms with E-state index < -0.39 is 0 Å². The molecule has 3 nitrogen and oxygen atoms in total. The minimum atomic E-state index is -0.215. The van der Waals surface area contributed by atoms with Gasteiger partial charge in [0.05, 0.1) is 6.10 Å². The molecule has 0 amide bonds. The molecule has 0 aromatic carbocycles. The monoisotopic (exact) mass is 226 g/mol. The molecule has 0 fully saturated rings. The van der Waals surface area contributed by atoms with Crippen molar-refractivity contribution in [2.75, 3.05) is 0 Å². The molecule has 0 spiro atoms. The number of carbonyl (C=O) groups is 1. The Morgan fingerprint density at radius 2 is 2.12 bits per heavy atom.